The van der Waals surface area contributed by atoms with Crippen LogP contribution in [0.5, 0.6) is 0 Å². The summed E-state index contributed by atoms with van der Waals surface area (Å²) in [4.78, 5) is 0. The predicted octanol–water partition coefficient (Wildman–Crippen LogP) is 3.93. The lowest BCUT2D eigenvalue weighted by atomic mass is 9.64. The van der Waals surface area contributed by atoms with Crippen LogP contribution in [0, 0.1) is 10.8 Å². The van der Waals surface area contributed by atoms with Crippen molar-refractivity contribution in [2.75, 3.05) is 0 Å². The molecule has 0 radical (unpaired) electrons. The maximum Gasteiger partial charge on any atom is 0.00448 e. The first kappa shape index (κ1) is 12.1. The van der Waals surface area contributed by atoms with E-state index in [0.717, 1.165) is 6.42 Å². The molecule has 0 rings (SSSR count). The van der Waals surface area contributed by atoms with E-state index in [-0.39, 0.29) is 10.8 Å². The highest BCUT2D eigenvalue weighted by molar-refractivity contribution is 7.81. The Morgan fingerprint density at radius 3 is 2.00 bits per heavy atom. The molecule has 0 spiro atoms. The molecule has 0 aromatic heterocycles. The number of hydrogen-bond donors (Lipinski definition) is 1. The maximum absolute atomic E-state index is 4.53. The van der Waals surface area contributed by atoms with E-state index < -0.39 is 0 Å². The summed E-state index contributed by atoms with van der Waals surface area (Å²) in [5, 5.41) is 0.410. The summed E-state index contributed by atoms with van der Waals surface area (Å²) < 4.78 is 0. The molecule has 0 bridgehead atoms. The average molecular weight is 186 g/mol. The lowest BCUT2D eigenvalue weighted by Crippen LogP contribution is -2.38. The molecule has 0 amide bonds. The molecule has 0 heterocycles. The van der Waals surface area contributed by atoms with Crippen molar-refractivity contribution >= 4 is 12.6 Å². The standard InChI is InChI=1S/C11H22S/c1-7-8-10(3,4)11(5,6)9(2)12/h7,9,12H,1,8H2,2-6H3. The summed E-state index contributed by atoms with van der Waals surface area (Å²) in [7, 11) is 0. The Labute approximate surface area is 82.9 Å². The number of hydrogen-bond acceptors (Lipinski definition) is 1. The summed E-state index contributed by atoms with van der Waals surface area (Å²) in [6, 6.07) is 0. The number of allylic oxidation sites excluding steroid dienone is 1. The summed E-state index contributed by atoms with van der Waals surface area (Å²) in [5.41, 5.74) is 0.514. The highest BCUT2D eigenvalue weighted by Crippen LogP contribution is 2.45. The van der Waals surface area contributed by atoms with Gasteiger partial charge in [0.1, 0.15) is 0 Å². The van der Waals surface area contributed by atoms with Gasteiger partial charge in [0.05, 0.1) is 0 Å². The van der Waals surface area contributed by atoms with Crippen LogP contribution in [-0.2, 0) is 0 Å². The molecule has 0 nitrogen and oxygen atoms in total. The van der Waals surface area contributed by atoms with Crippen molar-refractivity contribution in [1.29, 1.82) is 0 Å². The first-order chi connectivity index (χ1) is 5.25. The summed E-state index contributed by atoms with van der Waals surface area (Å²) in [5.74, 6) is 0. The first-order valence-corrected chi connectivity index (χ1v) is 5.06. The fourth-order valence-corrected chi connectivity index (χ4v) is 1.54. The SMILES string of the molecule is C=CCC(C)(C)C(C)(C)C(C)S. The van der Waals surface area contributed by atoms with Gasteiger partial charge < -0.3 is 0 Å². The van der Waals surface area contributed by atoms with E-state index in [1.54, 1.807) is 0 Å². The van der Waals surface area contributed by atoms with Crippen molar-refractivity contribution in [3.05, 3.63) is 12.7 Å². The molecule has 0 fully saturated rings. The Morgan fingerprint density at radius 1 is 1.33 bits per heavy atom. The van der Waals surface area contributed by atoms with Gasteiger partial charge in [0.25, 0.3) is 0 Å². The van der Waals surface area contributed by atoms with Crippen molar-refractivity contribution < 1.29 is 0 Å². The second-order valence-corrected chi connectivity index (χ2v) is 5.55. The van der Waals surface area contributed by atoms with E-state index in [0.29, 0.717) is 5.25 Å². The van der Waals surface area contributed by atoms with Crippen LogP contribution in [0.15, 0.2) is 12.7 Å². The smallest absolute Gasteiger partial charge is 0.00448 e. The maximum atomic E-state index is 4.53. The van der Waals surface area contributed by atoms with E-state index in [1.807, 2.05) is 6.08 Å². The monoisotopic (exact) mass is 186 g/mol. The van der Waals surface area contributed by atoms with Crippen LogP contribution in [0.1, 0.15) is 41.0 Å². The van der Waals surface area contributed by atoms with Gasteiger partial charge in [-0.05, 0) is 17.3 Å². The molecule has 1 unspecified atom stereocenters. The van der Waals surface area contributed by atoms with Crippen LogP contribution in [0.3, 0.4) is 0 Å². The zero-order valence-corrected chi connectivity index (χ0v) is 9.91. The van der Waals surface area contributed by atoms with E-state index in [1.165, 1.54) is 0 Å². The Balaban J connectivity index is 4.61. The molecular formula is C11H22S. The average Bonchev–Trinajstić information content (AvgIpc) is 1.86. The van der Waals surface area contributed by atoms with Gasteiger partial charge in [-0.25, -0.2) is 0 Å². The molecule has 0 saturated heterocycles. The van der Waals surface area contributed by atoms with Gasteiger partial charge in [0.15, 0.2) is 0 Å². The molecule has 0 saturated carbocycles. The highest BCUT2D eigenvalue weighted by Gasteiger charge is 2.38. The van der Waals surface area contributed by atoms with Crippen molar-refractivity contribution in [3.8, 4) is 0 Å². The zero-order chi connectivity index (χ0) is 9.99. The fourth-order valence-electron chi connectivity index (χ4n) is 1.19. The molecule has 0 aliphatic carbocycles. The number of rotatable bonds is 4. The fraction of sp³-hybridized carbons (Fsp3) is 0.818. The van der Waals surface area contributed by atoms with E-state index in [9.17, 15) is 0 Å². The van der Waals surface area contributed by atoms with E-state index >= 15 is 0 Å². The Morgan fingerprint density at radius 2 is 1.75 bits per heavy atom. The topological polar surface area (TPSA) is 0 Å². The van der Waals surface area contributed by atoms with E-state index in [2.05, 4.69) is 53.8 Å². The van der Waals surface area contributed by atoms with Gasteiger partial charge in [-0.15, -0.1) is 6.58 Å². The third-order valence-corrected chi connectivity index (χ3v) is 4.09. The Kier molecular flexibility index (Phi) is 3.89. The zero-order valence-electron chi connectivity index (χ0n) is 9.02. The summed E-state index contributed by atoms with van der Waals surface area (Å²) in [6.45, 7) is 15.1. The van der Waals surface area contributed by atoms with Crippen molar-refractivity contribution in [3.63, 3.8) is 0 Å². The van der Waals surface area contributed by atoms with Crippen LogP contribution in [-0.4, -0.2) is 5.25 Å². The van der Waals surface area contributed by atoms with Crippen LogP contribution in [0.2, 0.25) is 0 Å². The second kappa shape index (κ2) is 3.87. The molecule has 0 aromatic rings. The minimum absolute atomic E-state index is 0.240. The second-order valence-electron chi connectivity index (χ2n) is 4.77. The third kappa shape index (κ3) is 2.29. The summed E-state index contributed by atoms with van der Waals surface area (Å²) in [6.07, 6.45) is 3.04. The van der Waals surface area contributed by atoms with Crippen LogP contribution in [0.25, 0.3) is 0 Å². The predicted molar refractivity (Wildman–Crippen MR) is 60.8 cm³/mol. The Hall–Kier alpha value is 0.0900. The Bertz CT molecular complexity index is 154. The first-order valence-electron chi connectivity index (χ1n) is 4.54. The highest BCUT2D eigenvalue weighted by atomic mass is 32.1. The van der Waals surface area contributed by atoms with Crippen molar-refractivity contribution in [2.24, 2.45) is 10.8 Å². The molecule has 12 heavy (non-hydrogen) atoms. The van der Waals surface area contributed by atoms with Gasteiger partial charge in [-0.2, -0.15) is 12.6 Å². The minimum Gasteiger partial charge on any atom is -0.176 e. The van der Waals surface area contributed by atoms with Crippen molar-refractivity contribution in [2.45, 2.75) is 46.3 Å². The van der Waals surface area contributed by atoms with Crippen LogP contribution in [0.4, 0.5) is 0 Å². The van der Waals surface area contributed by atoms with Gasteiger partial charge >= 0.3 is 0 Å². The van der Waals surface area contributed by atoms with E-state index in [4.69, 9.17) is 0 Å². The molecule has 0 N–H and O–H groups in total. The van der Waals surface area contributed by atoms with Crippen LogP contribution >= 0.6 is 12.6 Å². The lowest BCUT2D eigenvalue weighted by Gasteiger charge is -2.44. The van der Waals surface area contributed by atoms with Gasteiger partial charge in [-0.1, -0.05) is 40.7 Å². The molecule has 0 aromatic carbocycles. The minimum atomic E-state index is 0.240. The molecule has 1 heteroatoms. The normalized spacial score (nSPS) is 15.8. The van der Waals surface area contributed by atoms with Gasteiger partial charge in [-0.3, -0.25) is 0 Å². The molecular weight excluding hydrogens is 164 g/mol. The summed E-state index contributed by atoms with van der Waals surface area (Å²) >= 11 is 4.53. The van der Waals surface area contributed by atoms with Crippen LogP contribution < -0.4 is 0 Å². The van der Waals surface area contributed by atoms with Gasteiger partial charge in [0.2, 0.25) is 0 Å². The third-order valence-electron chi connectivity index (χ3n) is 3.44. The van der Waals surface area contributed by atoms with Gasteiger partial charge in [0, 0.05) is 5.25 Å². The lowest BCUT2D eigenvalue weighted by molar-refractivity contribution is 0.115. The molecule has 0 aliphatic rings. The largest absolute Gasteiger partial charge is 0.176 e. The molecule has 0 aliphatic heterocycles. The number of thiol groups is 1. The van der Waals surface area contributed by atoms with Crippen molar-refractivity contribution in [1.82, 2.24) is 0 Å². The molecule has 72 valence electrons. The molecule has 1 atom stereocenters. The quantitative estimate of drug-likeness (QED) is 0.499.